The average molecular weight is 525 g/mol. The van der Waals surface area contributed by atoms with Crippen LogP contribution in [0.25, 0.3) is 33.7 Å². The third-order valence-electron chi connectivity index (χ3n) is 7.25. The van der Waals surface area contributed by atoms with Gasteiger partial charge in [-0.25, -0.2) is 9.78 Å². The zero-order valence-corrected chi connectivity index (χ0v) is 22.7. The van der Waals surface area contributed by atoms with Gasteiger partial charge < -0.3 is 4.57 Å². The molecule has 1 N–H and O–H groups in total. The Hall–Kier alpha value is -4.34. The minimum Gasteiger partial charge on any atom is -0.318 e. The van der Waals surface area contributed by atoms with Crippen molar-refractivity contribution in [3.8, 4) is 22.5 Å². The van der Waals surface area contributed by atoms with Crippen molar-refractivity contribution < 1.29 is 0 Å². The fraction of sp³-hybridized carbons (Fsp3) is 0.379. The van der Waals surface area contributed by atoms with Gasteiger partial charge in [0.25, 0.3) is 5.56 Å². The maximum atomic E-state index is 13.5. The second-order valence-corrected chi connectivity index (χ2v) is 11.7. The van der Waals surface area contributed by atoms with Gasteiger partial charge in [-0.05, 0) is 46.1 Å². The molecule has 1 aliphatic rings. The van der Waals surface area contributed by atoms with E-state index in [1.807, 2.05) is 28.8 Å². The first-order valence-electron chi connectivity index (χ1n) is 13.3. The molecule has 5 aromatic rings. The lowest BCUT2D eigenvalue weighted by molar-refractivity contribution is 0.394. The molecule has 0 aliphatic heterocycles. The SMILES string of the molecule is Cn1c(=O)c2c(nc(CC(C)(C)C)n2Cc2ccc(-c3ccccc3-c3nn[nH]n3)cc2)n(CC2CC2)c1=O. The molecule has 3 heterocycles. The van der Waals surface area contributed by atoms with Crippen molar-refractivity contribution in [3.63, 3.8) is 0 Å². The molecular formula is C29H32N8O2. The Bertz CT molecular complexity index is 1770. The molecule has 10 heteroatoms. The van der Waals surface area contributed by atoms with Crippen LogP contribution in [0.1, 0.15) is 45.0 Å². The van der Waals surface area contributed by atoms with E-state index < -0.39 is 0 Å². The van der Waals surface area contributed by atoms with Crippen LogP contribution < -0.4 is 11.2 Å². The quantitative estimate of drug-likeness (QED) is 0.346. The number of rotatable bonds is 7. The summed E-state index contributed by atoms with van der Waals surface area (Å²) in [5, 5.41) is 14.5. The summed E-state index contributed by atoms with van der Waals surface area (Å²) in [6.45, 7) is 7.54. The number of tetrazole rings is 1. The van der Waals surface area contributed by atoms with Gasteiger partial charge in [0.2, 0.25) is 5.82 Å². The van der Waals surface area contributed by atoms with Gasteiger partial charge in [0.15, 0.2) is 11.2 Å². The molecule has 3 aromatic heterocycles. The highest BCUT2D eigenvalue weighted by molar-refractivity contribution is 5.80. The van der Waals surface area contributed by atoms with E-state index in [4.69, 9.17) is 4.98 Å². The van der Waals surface area contributed by atoms with Crippen LogP contribution in [0.5, 0.6) is 0 Å². The zero-order valence-electron chi connectivity index (χ0n) is 22.7. The average Bonchev–Trinajstić information content (AvgIpc) is 3.43. The van der Waals surface area contributed by atoms with E-state index in [0.717, 1.165) is 40.9 Å². The molecule has 0 unspecified atom stereocenters. The van der Waals surface area contributed by atoms with Gasteiger partial charge in [-0.15, -0.1) is 10.2 Å². The van der Waals surface area contributed by atoms with Gasteiger partial charge in [-0.1, -0.05) is 69.3 Å². The van der Waals surface area contributed by atoms with Crippen molar-refractivity contribution in [2.45, 2.75) is 53.1 Å². The van der Waals surface area contributed by atoms with Gasteiger partial charge in [0, 0.05) is 32.1 Å². The highest BCUT2D eigenvalue weighted by Gasteiger charge is 2.28. The van der Waals surface area contributed by atoms with Crippen molar-refractivity contribution in [3.05, 3.63) is 80.8 Å². The molecule has 0 saturated heterocycles. The molecule has 0 atom stereocenters. The highest BCUT2D eigenvalue weighted by atomic mass is 16.2. The fourth-order valence-corrected chi connectivity index (χ4v) is 5.08. The van der Waals surface area contributed by atoms with Gasteiger partial charge in [0.05, 0.1) is 0 Å². The predicted molar refractivity (Wildman–Crippen MR) is 149 cm³/mol. The van der Waals surface area contributed by atoms with E-state index >= 15 is 0 Å². The Labute approximate surface area is 225 Å². The molecule has 10 nitrogen and oxygen atoms in total. The summed E-state index contributed by atoms with van der Waals surface area (Å²) >= 11 is 0. The van der Waals surface area contributed by atoms with Crippen molar-refractivity contribution in [2.75, 3.05) is 0 Å². The number of nitrogens with one attached hydrogen (secondary N) is 1. The summed E-state index contributed by atoms with van der Waals surface area (Å²) in [5.41, 5.74) is 4.30. The van der Waals surface area contributed by atoms with Crippen LogP contribution in [-0.4, -0.2) is 39.3 Å². The first kappa shape index (κ1) is 25.0. The van der Waals surface area contributed by atoms with Gasteiger partial charge in [0.1, 0.15) is 5.82 Å². The molecule has 0 spiro atoms. The topological polar surface area (TPSA) is 116 Å². The van der Waals surface area contributed by atoms with Crippen LogP contribution in [0.15, 0.2) is 58.1 Å². The number of imidazole rings is 1. The van der Waals surface area contributed by atoms with E-state index in [2.05, 4.69) is 65.7 Å². The Morgan fingerprint density at radius 1 is 0.974 bits per heavy atom. The largest absolute Gasteiger partial charge is 0.332 e. The summed E-state index contributed by atoms with van der Waals surface area (Å²) in [4.78, 5) is 31.5. The zero-order chi connectivity index (χ0) is 27.3. The Morgan fingerprint density at radius 3 is 2.33 bits per heavy atom. The minimum atomic E-state index is -0.305. The van der Waals surface area contributed by atoms with Gasteiger partial charge in [-0.3, -0.25) is 13.9 Å². The second kappa shape index (κ2) is 9.44. The number of benzene rings is 2. The molecule has 6 rings (SSSR count). The lowest BCUT2D eigenvalue weighted by Gasteiger charge is -2.19. The lowest BCUT2D eigenvalue weighted by Crippen LogP contribution is -2.39. The van der Waals surface area contributed by atoms with Crippen molar-refractivity contribution in [1.82, 2.24) is 39.3 Å². The number of aromatic nitrogens is 8. The minimum absolute atomic E-state index is 0.0469. The summed E-state index contributed by atoms with van der Waals surface area (Å²) in [6, 6.07) is 16.2. The van der Waals surface area contributed by atoms with E-state index in [0.29, 0.717) is 42.4 Å². The molecule has 0 bridgehead atoms. The predicted octanol–water partition coefficient (Wildman–Crippen LogP) is 3.79. The number of hydrogen-bond acceptors (Lipinski definition) is 6. The molecule has 1 fully saturated rings. The van der Waals surface area contributed by atoms with Crippen LogP contribution in [0.3, 0.4) is 0 Å². The normalized spacial score (nSPS) is 13.8. The fourth-order valence-electron chi connectivity index (χ4n) is 5.08. The number of hydrogen-bond donors (Lipinski definition) is 1. The molecule has 200 valence electrons. The molecule has 39 heavy (non-hydrogen) atoms. The summed E-state index contributed by atoms with van der Waals surface area (Å²) < 4.78 is 4.94. The Morgan fingerprint density at radius 2 is 1.69 bits per heavy atom. The Kier molecular flexibility index (Phi) is 6.05. The van der Waals surface area contributed by atoms with Crippen LogP contribution >= 0.6 is 0 Å². The molecule has 1 aliphatic carbocycles. The smallest absolute Gasteiger partial charge is 0.318 e. The number of nitrogens with zero attached hydrogens (tertiary/aromatic N) is 7. The van der Waals surface area contributed by atoms with Gasteiger partial charge in [-0.2, -0.15) is 5.21 Å². The van der Waals surface area contributed by atoms with Crippen LogP contribution in [0, 0.1) is 11.3 Å². The van der Waals surface area contributed by atoms with E-state index in [-0.39, 0.29) is 16.7 Å². The number of fused-ring (bicyclic) bond motifs is 1. The van der Waals surface area contributed by atoms with E-state index in [9.17, 15) is 9.59 Å². The second-order valence-electron chi connectivity index (χ2n) is 11.7. The molecule has 2 aromatic carbocycles. The van der Waals surface area contributed by atoms with E-state index in [1.54, 1.807) is 11.6 Å². The molecule has 0 amide bonds. The summed E-state index contributed by atoms with van der Waals surface area (Å²) in [5.74, 6) is 1.83. The third kappa shape index (κ3) is 4.82. The van der Waals surface area contributed by atoms with Crippen molar-refractivity contribution in [2.24, 2.45) is 18.4 Å². The maximum Gasteiger partial charge on any atom is 0.332 e. The van der Waals surface area contributed by atoms with Gasteiger partial charge >= 0.3 is 5.69 Å². The van der Waals surface area contributed by atoms with Crippen molar-refractivity contribution >= 4 is 11.2 Å². The van der Waals surface area contributed by atoms with Crippen molar-refractivity contribution in [1.29, 1.82) is 0 Å². The highest BCUT2D eigenvalue weighted by Crippen LogP contribution is 2.32. The monoisotopic (exact) mass is 524 g/mol. The first-order chi connectivity index (χ1) is 18.7. The first-order valence-corrected chi connectivity index (χ1v) is 13.3. The molecule has 1 saturated carbocycles. The number of H-pyrrole nitrogens is 1. The lowest BCUT2D eigenvalue weighted by atomic mass is 9.92. The maximum absolute atomic E-state index is 13.5. The van der Waals surface area contributed by atoms with Crippen LogP contribution in [0.2, 0.25) is 0 Å². The molecule has 0 radical (unpaired) electrons. The number of aromatic amines is 1. The standard InChI is InChI=1S/C29H32N8O2/c1-29(2,3)15-23-30-26-24(27(38)35(4)28(39)37(26)17-18-9-10-18)36(23)16-19-11-13-20(14-12-19)21-7-5-6-8-22(21)25-31-33-34-32-25/h5-8,11-14,18H,9-10,15-17H2,1-4H3,(H,31,32,33,34). The molecular weight excluding hydrogens is 492 g/mol. The summed E-state index contributed by atoms with van der Waals surface area (Å²) in [7, 11) is 1.56. The van der Waals surface area contributed by atoms with Crippen LogP contribution in [0.4, 0.5) is 0 Å². The van der Waals surface area contributed by atoms with Crippen LogP contribution in [-0.2, 0) is 26.6 Å². The third-order valence-corrected chi connectivity index (χ3v) is 7.25. The van der Waals surface area contributed by atoms with E-state index in [1.165, 1.54) is 4.57 Å². The summed E-state index contributed by atoms with van der Waals surface area (Å²) in [6.07, 6.45) is 2.89. The Balaban J connectivity index is 1.43.